The summed E-state index contributed by atoms with van der Waals surface area (Å²) in [6, 6.07) is 11.8. The van der Waals surface area contributed by atoms with Crippen molar-refractivity contribution in [3.05, 3.63) is 53.4 Å². The van der Waals surface area contributed by atoms with E-state index >= 15 is 0 Å². The molecule has 1 unspecified atom stereocenters. The van der Waals surface area contributed by atoms with Gasteiger partial charge in [-0.25, -0.2) is 0 Å². The Morgan fingerprint density at radius 3 is 2.70 bits per heavy atom. The van der Waals surface area contributed by atoms with Gasteiger partial charge in [-0.1, -0.05) is 35.5 Å². The van der Waals surface area contributed by atoms with Gasteiger partial charge in [0.25, 0.3) is 5.91 Å². The molecule has 2 aliphatic rings. The molecule has 3 N–H and O–H groups in total. The second-order valence-corrected chi connectivity index (χ2v) is 8.57. The smallest absolute Gasteiger partial charge is 0.273 e. The zero-order valence-corrected chi connectivity index (χ0v) is 17.4. The van der Waals surface area contributed by atoms with Gasteiger partial charge >= 0.3 is 0 Å². The molecule has 2 heterocycles. The van der Waals surface area contributed by atoms with Gasteiger partial charge in [0.1, 0.15) is 5.76 Å². The Balaban J connectivity index is 1.29. The molecule has 0 radical (unpaired) electrons. The van der Waals surface area contributed by atoms with Gasteiger partial charge in [-0.15, -0.1) is 0 Å². The summed E-state index contributed by atoms with van der Waals surface area (Å²) in [7, 11) is 0. The number of hydrogen-bond acceptors (Lipinski definition) is 5. The lowest BCUT2D eigenvalue weighted by Gasteiger charge is -2.38. The SMILES string of the molecule is C[C@H]1C[C@@H](NC(=O)c2cc(C3CC3)on2)CCN1C(=O)CC(CN)c1ccccc1. The average Bonchev–Trinajstić information content (AvgIpc) is 3.48. The molecule has 2 fully saturated rings. The van der Waals surface area contributed by atoms with Crippen LogP contribution in [0.1, 0.15) is 72.7 Å². The van der Waals surface area contributed by atoms with Gasteiger partial charge in [0.2, 0.25) is 5.91 Å². The summed E-state index contributed by atoms with van der Waals surface area (Å²) in [5, 5.41) is 6.97. The average molecular weight is 411 g/mol. The van der Waals surface area contributed by atoms with Crippen LogP contribution >= 0.6 is 0 Å². The van der Waals surface area contributed by atoms with Gasteiger partial charge < -0.3 is 20.5 Å². The summed E-state index contributed by atoms with van der Waals surface area (Å²) >= 11 is 0. The molecule has 30 heavy (non-hydrogen) atoms. The highest BCUT2D eigenvalue weighted by atomic mass is 16.5. The number of carbonyl (C=O) groups is 2. The lowest BCUT2D eigenvalue weighted by Crippen LogP contribution is -2.51. The monoisotopic (exact) mass is 410 g/mol. The van der Waals surface area contributed by atoms with E-state index in [1.807, 2.05) is 42.2 Å². The minimum absolute atomic E-state index is 0.0242. The van der Waals surface area contributed by atoms with E-state index < -0.39 is 0 Å². The van der Waals surface area contributed by atoms with Crippen LogP contribution in [0.5, 0.6) is 0 Å². The molecule has 7 nitrogen and oxygen atoms in total. The van der Waals surface area contributed by atoms with E-state index in [-0.39, 0.29) is 29.8 Å². The highest BCUT2D eigenvalue weighted by Gasteiger charge is 2.32. The Morgan fingerprint density at radius 2 is 2.03 bits per heavy atom. The first-order valence-electron chi connectivity index (χ1n) is 10.9. The van der Waals surface area contributed by atoms with E-state index in [1.165, 1.54) is 0 Å². The summed E-state index contributed by atoms with van der Waals surface area (Å²) in [6.45, 7) is 3.11. The van der Waals surface area contributed by atoms with E-state index in [4.69, 9.17) is 10.3 Å². The zero-order chi connectivity index (χ0) is 21.1. The quantitative estimate of drug-likeness (QED) is 0.731. The van der Waals surface area contributed by atoms with E-state index in [2.05, 4.69) is 10.5 Å². The van der Waals surface area contributed by atoms with Crippen molar-refractivity contribution in [2.24, 2.45) is 5.73 Å². The number of amides is 2. The first-order chi connectivity index (χ1) is 14.5. The summed E-state index contributed by atoms with van der Waals surface area (Å²) < 4.78 is 5.28. The Labute approximate surface area is 177 Å². The molecule has 1 aromatic carbocycles. The summed E-state index contributed by atoms with van der Waals surface area (Å²) in [4.78, 5) is 27.4. The fourth-order valence-corrected chi connectivity index (χ4v) is 4.28. The maximum absolute atomic E-state index is 12.9. The first-order valence-corrected chi connectivity index (χ1v) is 10.9. The Hall–Kier alpha value is -2.67. The van der Waals surface area contributed by atoms with Crippen LogP contribution in [0, 0.1) is 0 Å². The van der Waals surface area contributed by atoms with Gasteiger partial charge in [0, 0.05) is 43.0 Å². The van der Waals surface area contributed by atoms with Crippen LogP contribution < -0.4 is 11.1 Å². The first kappa shape index (κ1) is 20.6. The Bertz CT molecular complexity index is 878. The molecule has 0 bridgehead atoms. The third kappa shape index (κ3) is 4.73. The van der Waals surface area contributed by atoms with Gasteiger partial charge in [-0.2, -0.15) is 0 Å². The van der Waals surface area contributed by atoms with Crippen molar-refractivity contribution in [3.63, 3.8) is 0 Å². The normalized spacial score (nSPS) is 22.5. The highest BCUT2D eigenvalue weighted by Crippen LogP contribution is 2.40. The number of benzene rings is 1. The molecule has 160 valence electrons. The molecular weight excluding hydrogens is 380 g/mol. The predicted molar refractivity (Wildman–Crippen MR) is 113 cm³/mol. The number of nitrogens with two attached hydrogens (primary N) is 1. The second kappa shape index (κ2) is 9.00. The number of nitrogens with zero attached hydrogens (tertiary/aromatic N) is 2. The lowest BCUT2D eigenvalue weighted by molar-refractivity contribution is -0.135. The summed E-state index contributed by atoms with van der Waals surface area (Å²) in [5.41, 5.74) is 7.38. The van der Waals surface area contributed by atoms with Gasteiger partial charge in [-0.3, -0.25) is 9.59 Å². The van der Waals surface area contributed by atoms with Crippen molar-refractivity contribution in [1.29, 1.82) is 0 Å². The van der Waals surface area contributed by atoms with Crippen LogP contribution in [-0.4, -0.2) is 47.0 Å². The molecular formula is C23H30N4O3. The van der Waals surface area contributed by atoms with Crippen molar-refractivity contribution >= 4 is 11.8 Å². The maximum atomic E-state index is 12.9. The number of carbonyl (C=O) groups excluding carboxylic acids is 2. The molecule has 2 aromatic rings. The van der Waals surface area contributed by atoms with Crippen LogP contribution in [0.4, 0.5) is 0 Å². The van der Waals surface area contributed by atoms with Gasteiger partial charge in [-0.05, 0) is 44.7 Å². The molecule has 1 aliphatic carbocycles. The predicted octanol–water partition coefficient (Wildman–Crippen LogP) is 2.79. The Morgan fingerprint density at radius 1 is 1.27 bits per heavy atom. The van der Waals surface area contributed by atoms with Crippen molar-refractivity contribution in [2.45, 2.75) is 62.9 Å². The van der Waals surface area contributed by atoms with Crippen LogP contribution in [-0.2, 0) is 4.79 Å². The maximum Gasteiger partial charge on any atom is 0.273 e. The van der Waals surface area contributed by atoms with Crippen molar-refractivity contribution in [1.82, 2.24) is 15.4 Å². The molecule has 2 amide bonds. The van der Waals surface area contributed by atoms with Gasteiger partial charge in [0.15, 0.2) is 5.69 Å². The summed E-state index contributed by atoms with van der Waals surface area (Å²) in [5.74, 6) is 1.19. The third-order valence-electron chi connectivity index (χ3n) is 6.25. The molecule has 1 aromatic heterocycles. The van der Waals surface area contributed by atoms with Crippen molar-refractivity contribution in [2.75, 3.05) is 13.1 Å². The van der Waals surface area contributed by atoms with Crippen LogP contribution in [0.25, 0.3) is 0 Å². The molecule has 1 saturated carbocycles. The minimum Gasteiger partial charge on any atom is -0.360 e. The molecule has 4 rings (SSSR count). The molecule has 7 heteroatoms. The minimum atomic E-state index is -0.199. The fourth-order valence-electron chi connectivity index (χ4n) is 4.28. The van der Waals surface area contributed by atoms with E-state index in [1.54, 1.807) is 6.07 Å². The zero-order valence-electron chi connectivity index (χ0n) is 17.4. The fraction of sp³-hybridized carbons (Fsp3) is 0.522. The number of aromatic nitrogens is 1. The Kier molecular flexibility index (Phi) is 6.18. The topological polar surface area (TPSA) is 101 Å². The van der Waals surface area contributed by atoms with Crippen LogP contribution in [0.15, 0.2) is 40.9 Å². The van der Waals surface area contributed by atoms with E-state index in [9.17, 15) is 9.59 Å². The second-order valence-electron chi connectivity index (χ2n) is 8.57. The number of rotatable bonds is 7. The number of hydrogen-bond donors (Lipinski definition) is 2. The largest absolute Gasteiger partial charge is 0.360 e. The van der Waals surface area contributed by atoms with Crippen molar-refractivity contribution < 1.29 is 14.1 Å². The van der Waals surface area contributed by atoms with Gasteiger partial charge in [0.05, 0.1) is 0 Å². The highest BCUT2D eigenvalue weighted by molar-refractivity contribution is 5.92. The van der Waals surface area contributed by atoms with Crippen molar-refractivity contribution in [3.8, 4) is 0 Å². The van der Waals surface area contributed by atoms with Crippen LogP contribution in [0.2, 0.25) is 0 Å². The third-order valence-corrected chi connectivity index (χ3v) is 6.25. The number of likely N-dealkylation sites (tertiary alicyclic amines) is 1. The van der Waals surface area contributed by atoms with E-state index in [0.29, 0.717) is 31.1 Å². The number of nitrogens with one attached hydrogen (secondary N) is 1. The molecule has 0 spiro atoms. The molecule has 3 atom stereocenters. The van der Waals surface area contributed by atoms with Crippen LogP contribution in [0.3, 0.4) is 0 Å². The molecule has 1 aliphatic heterocycles. The standard InChI is InChI=1S/C23H30N4O3/c1-15-11-19(25-23(29)20-13-21(30-26-20)17-7-8-17)9-10-27(15)22(28)12-18(14-24)16-5-3-2-4-6-16/h2-6,13,15,17-19H,7-12,14,24H2,1H3,(H,25,29)/t15-,18?,19-/m0/s1. The molecule has 1 saturated heterocycles. The van der Waals surface area contributed by atoms with E-state index in [0.717, 1.165) is 37.0 Å². The number of piperidine rings is 1. The summed E-state index contributed by atoms with van der Waals surface area (Å²) in [6.07, 6.45) is 4.08. The lowest BCUT2D eigenvalue weighted by atomic mass is 9.93.